The normalized spacial score (nSPS) is 11.9. The van der Waals surface area contributed by atoms with E-state index in [2.05, 4.69) is 0 Å². The van der Waals surface area contributed by atoms with Crippen LogP contribution in [0.25, 0.3) is 0 Å². The molecule has 1 rings (SSSR count). The van der Waals surface area contributed by atoms with E-state index in [1.165, 1.54) is 10.4 Å². The number of hydrogen-bond donors (Lipinski definition) is 0. The number of aryl methyl sites for hydroxylation is 1. The highest BCUT2D eigenvalue weighted by Crippen LogP contribution is 2.22. The summed E-state index contributed by atoms with van der Waals surface area (Å²) in [5.74, 6) is 0.205. The Morgan fingerprint density at radius 3 is 2.57 bits per heavy atom. The molecule has 0 N–H and O–H groups in total. The Morgan fingerprint density at radius 2 is 2.05 bits per heavy atom. The second-order valence-electron chi connectivity index (χ2n) is 5.34. The van der Waals surface area contributed by atoms with Crippen LogP contribution in [0.4, 0.5) is 0 Å². The number of benzene rings is 1. The molecule has 0 aliphatic heterocycles. The third kappa shape index (κ3) is 4.53. The first-order chi connectivity index (χ1) is 9.82. The van der Waals surface area contributed by atoms with E-state index in [0.29, 0.717) is 30.8 Å². The fourth-order valence-corrected chi connectivity index (χ4v) is 3.83. The van der Waals surface area contributed by atoms with Gasteiger partial charge in [-0.15, -0.1) is 0 Å². The lowest BCUT2D eigenvalue weighted by Gasteiger charge is -2.24. The number of hydrogen-bond acceptors (Lipinski definition) is 4. The molecule has 116 valence electrons. The summed E-state index contributed by atoms with van der Waals surface area (Å²) in [6, 6.07) is 6.70. The first-order valence-corrected chi connectivity index (χ1v) is 8.26. The van der Waals surface area contributed by atoms with E-state index in [1.807, 2.05) is 19.9 Å². The standard InChI is InChI=1S/C15H22N2O3S/c1-12(2)11-17(7-8-20-4)21(18,19)15-9-14(10-16)6-5-13(15)3/h5-6,9,12H,7-8,11H2,1-4H3. The maximum atomic E-state index is 12.8. The lowest BCUT2D eigenvalue weighted by molar-refractivity contribution is 0.175. The molecule has 0 radical (unpaired) electrons. The third-order valence-electron chi connectivity index (χ3n) is 3.05. The smallest absolute Gasteiger partial charge is 0.243 e. The van der Waals surface area contributed by atoms with Gasteiger partial charge in [-0.05, 0) is 30.5 Å². The van der Waals surface area contributed by atoms with Crippen LogP contribution in [0.5, 0.6) is 0 Å². The minimum Gasteiger partial charge on any atom is -0.383 e. The Kier molecular flexibility index (Phi) is 6.34. The Hall–Kier alpha value is -1.42. The zero-order chi connectivity index (χ0) is 16.0. The summed E-state index contributed by atoms with van der Waals surface area (Å²) < 4.78 is 32.1. The molecule has 0 aromatic heterocycles. The maximum absolute atomic E-state index is 12.8. The molecular weight excluding hydrogens is 288 g/mol. The zero-order valence-corrected chi connectivity index (χ0v) is 13.8. The molecule has 0 aliphatic carbocycles. The molecule has 1 aromatic carbocycles. The fraction of sp³-hybridized carbons (Fsp3) is 0.533. The average Bonchev–Trinajstić information content (AvgIpc) is 2.43. The van der Waals surface area contributed by atoms with Gasteiger partial charge in [0.2, 0.25) is 10.0 Å². The summed E-state index contributed by atoms with van der Waals surface area (Å²) in [7, 11) is -2.09. The van der Waals surface area contributed by atoms with E-state index in [1.54, 1.807) is 26.2 Å². The Bertz CT molecular complexity index is 618. The molecule has 0 saturated carbocycles. The van der Waals surface area contributed by atoms with Crippen LogP contribution in [0, 0.1) is 24.2 Å². The number of rotatable bonds is 7. The molecule has 21 heavy (non-hydrogen) atoms. The summed E-state index contributed by atoms with van der Waals surface area (Å²) >= 11 is 0. The number of methoxy groups -OCH3 is 1. The lowest BCUT2D eigenvalue weighted by atomic mass is 10.2. The third-order valence-corrected chi connectivity index (χ3v) is 5.06. The molecular formula is C15H22N2O3S. The van der Waals surface area contributed by atoms with Crippen LogP contribution in [0.1, 0.15) is 25.0 Å². The van der Waals surface area contributed by atoms with E-state index in [4.69, 9.17) is 10.00 Å². The summed E-state index contributed by atoms with van der Waals surface area (Å²) in [5.41, 5.74) is 0.982. The van der Waals surface area contributed by atoms with E-state index in [9.17, 15) is 8.42 Å². The van der Waals surface area contributed by atoms with Gasteiger partial charge in [0.15, 0.2) is 0 Å². The van der Waals surface area contributed by atoms with E-state index < -0.39 is 10.0 Å². The summed E-state index contributed by atoms with van der Waals surface area (Å²) in [4.78, 5) is 0.193. The van der Waals surface area contributed by atoms with Gasteiger partial charge >= 0.3 is 0 Å². The lowest BCUT2D eigenvalue weighted by Crippen LogP contribution is -2.37. The SMILES string of the molecule is COCCN(CC(C)C)S(=O)(=O)c1cc(C#N)ccc1C. The highest BCUT2D eigenvalue weighted by molar-refractivity contribution is 7.89. The second kappa shape index (κ2) is 7.55. The minimum atomic E-state index is -3.63. The molecule has 0 fully saturated rings. The van der Waals surface area contributed by atoms with Crippen molar-refractivity contribution in [3.05, 3.63) is 29.3 Å². The Morgan fingerprint density at radius 1 is 1.38 bits per heavy atom. The topological polar surface area (TPSA) is 70.4 Å². The Balaban J connectivity index is 3.24. The number of nitrogens with zero attached hydrogens (tertiary/aromatic N) is 2. The van der Waals surface area contributed by atoms with Crippen LogP contribution in [-0.2, 0) is 14.8 Å². The molecule has 6 heteroatoms. The van der Waals surface area contributed by atoms with Crippen molar-refractivity contribution in [3.8, 4) is 6.07 Å². The van der Waals surface area contributed by atoms with Gasteiger partial charge in [-0.25, -0.2) is 8.42 Å². The molecule has 0 spiro atoms. The summed E-state index contributed by atoms with van der Waals surface area (Å²) in [6.07, 6.45) is 0. The van der Waals surface area contributed by atoms with E-state index in [0.717, 1.165) is 0 Å². The van der Waals surface area contributed by atoms with Gasteiger partial charge in [-0.3, -0.25) is 0 Å². The number of nitriles is 1. The molecule has 1 aromatic rings. The van der Waals surface area contributed by atoms with Crippen LogP contribution in [0.3, 0.4) is 0 Å². The molecule has 0 amide bonds. The van der Waals surface area contributed by atoms with Crippen molar-refractivity contribution in [1.82, 2.24) is 4.31 Å². The quantitative estimate of drug-likeness (QED) is 0.774. The molecule has 0 unspecified atom stereocenters. The van der Waals surface area contributed by atoms with Crippen LogP contribution in [0.2, 0.25) is 0 Å². The van der Waals surface area contributed by atoms with Gasteiger partial charge in [0, 0.05) is 20.2 Å². The summed E-state index contributed by atoms with van der Waals surface area (Å²) in [6.45, 7) is 6.72. The average molecular weight is 310 g/mol. The van der Waals surface area contributed by atoms with Gasteiger partial charge in [-0.1, -0.05) is 19.9 Å². The van der Waals surface area contributed by atoms with Crippen molar-refractivity contribution in [1.29, 1.82) is 5.26 Å². The first kappa shape index (κ1) is 17.6. The molecule has 0 aliphatic rings. The monoisotopic (exact) mass is 310 g/mol. The van der Waals surface area contributed by atoms with Gasteiger partial charge in [0.1, 0.15) is 0 Å². The summed E-state index contributed by atoms with van der Waals surface area (Å²) in [5, 5.41) is 8.97. The largest absolute Gasteiger partial charge is 0.383 e. The highest BCUT2D eigenvalue weighted by Gasteiger charge is 2.26. The van der Waals surface area contributed by atoms with Gasteiger partial charge in [0.25, 0.3) is 0 Å². The van der Waals surface area contributed by atoms with Gasteiger partial charge in [-0.2, -0.15) is 9.57 Å². The number of ether oxygens (including phenoxy) is 1. The maximum Gasteiger partial charge on any atom is 0.243 e. The van der Waals surface area contributed by atoms with E-state index >= 15 is 0 Å². The van der Waals surface area contributed by atoms with Crippen molar-refractivity contribution < 1.29 is 13.2 Å². The predicted octanol–water partition coefficient (Wildman–Crippen LogP) is 2.16. The zero-order valence-electron chi connectivity index (χ0n) is 13.0. The van der Waals surface area contributed by atoms with Crippen molar-refractivity contribution in [2.75, 3.05) is 26.8 Å². The van der Waals surface area contributed by atoms with Crippen LogP contribution >= 0.6 is 0 Å². The van der Waals surface area contributed by atoms with Crippen molar-refractivity contribution in [2.45, 2.75) is 25.7 Å². The minimum absolute atomic E-state index is 0.193. The predicted molar refractivity (Wildman–Crippen MR) is 81.4 cm³/mol. The van der Waals surface area contributed by atoms with Gasteiger partial charge in [0.05, 0.1) is 23.1 Å². The second-order valence-corrected chi connectivity index (χ2v) is 7.25. The first-order valence-electron chi connectivity index (χ1n) is 6.82. The van der Waals surface area contributed by atoms with Crippen molar-refractivity contribution in [2.24, 2.45) is 5.92 Å². The van der Waals surface area contributed by atoms with Crippen molar-refractivity contribution >= 4 is 10.0 Å². The molecule has 0 saturated heterocycles. The Labute approximate surface area is 127 Å². The fourth-order valence-electron chi connectivity index (χ4n) is 2.00. The molecule has 0 atom stereocenters. The van der Waals surface area contributed by atoms with Crippen LogP contribution in [-0.4, -0.2) is 39.5 Å². The van der Waals surface area contributed by atoms with Crippen LogP contribution in [0.15, 0.2) is 23.1 Å². The number of sulfonamides is 1. The molecule has 5 nitrogen and oxygen atoms in total. The highest BCUT2D eigenvalue weighted by atomic mass is 32.2. The van der Waals surface area contributed by atoms with Crippen molar-refractivity contribution in [3.63, 3.8) is 0 Å². The molecule has 0 heterocycles. The van der Waals surface area contributed by atoms with Gasteiger partial charge < -0.3 is 4.74 Å². The van der Waals surface area contributed by atoms with Crippen LogP contribution < -0.4 is 0 Å². The molecule has 0 bridgehead atoms. The van der Waals surface area contributed by atoms with E-state index in [-0.39, 0.29) is 10.8 Å².